The average molecular weight is 296 g/mol. The number of hydrogen-bond acceptors (Lipinski definition) is 3. The van der Waals surface area contributed by atoms with E-state index in [9.17, 15) is 0 Å². The van der Waals surface area contributed by atoms with E-state index in [-0.39, 0.29) is 18.4 Å². The van der Waals surface area contributed by atoms with Crippen molar-refractivity contribution in [3.8, 4) is 0 Å². The van der Waals surface area contributed by atoms with Gasteiger partial charge in [-0.2, -0.15) is 5.10 Å². The van der Waals surface area contributed by atoms with Gasteiger partial charge in [-0.1, -0.05) is 12.1 Å². The molecule has 20 heavy (non-hydrogen) atoms. The van der Waals surface area contributed by atoms with Crippen LogP contribution in [0.2, 0.25) is 0 Å². The van der Waals surface area contributed by atoms with E-state index < -0.39 is 0 Å². The average Bonchev–Trinajstić information content (AvgIpc) is 2.46. The molecule has 1 aromatic rings. The Bertz CT molecular complexity index is 471. The van der Waals surface area contributed by atoms with Gasteiger partial charge in [-0.25, -0.2) is 0 Å². The molecule has 110 valence electrons. The molecular weight excluding hydrogens is 274 g/mol. The number of guanidine groups is 1. The third-order valence-electron chi connectivity index (χ3n) is 3.32. The number of nitrogens with two attached hydrogens (primary N) is 2. The zero-order valence-corrected chi connectivity index (χ0v) is 12.6. The predicted octanol–water partition coefficient (Wildman–Crippen LogP) is 2.10. The van der Waals surface area contributed by atoms with E-state index in [1.54, 1.807) is 0 Å². The Morgan fingerprint density at radius 2 is 1.60 bits per heavy atom. The summed E-state index contributed by atoms with van der Waals surface area (Å²) in [6, 6.07) is 8.39. The molecule has 0 saturated carbocycles. The summed E-state index contributed by atoms with van der Waals surface area (Å²) < 4.78 is 0. The number of rotatable bonds is 3. The molecule has 0 unspecified atom stereocenters. The van der Waals surface area contributed by atoms with E-state index in [1.165, 1.54) is 24.9 Å². The largest absolute Gasteiger partial charge is 0.372 e. The molecule has 5 nitrogen and oxygen atoms in total. The minimum atomic E-state index is -0.0238. The van der Waals surface area contributed by atoms with Gasteiger partial charge in [0.2, 0.25) is 5.96 Å². The molecular formula is C14H22ClN5. The van der Waals surface area contributed by atoms with Crippen LogP contribution < -0.4 is 16.4 Å². The first-order valence-corrected chi connectivity index (χ1v) is 6.65. The standard InChI is InChI=1S/C14H21N5.ClH/c1-11(17-18-14(15)16)12-5-7-13(8-6-12)19-9-3-2-4-10-19;/h5-8H,2-4,9-10H2,1H3,(H4,15,16,18);1H/b17-11+;. The van der Waals surface area contributed by atoms with Gasteiger partial charge >= 0.3 is 0 Å². The fourth-order valence-corrected chi connectivity index (χ4v) is 2.26. The minimum absolute atomic E-state index is 0. The topological polar surface area (TPSA) is 80.0 Å². The molecule has 1 saturated heterocycles. The molecule has 1 aliphatic rings. The Kier molecular flexibility index (Phi) is 6.31. The molecule has 4 N–H and O–H groups in total. The SMILES string of the molecule is C/C(=N\N=C(N)N)c1ccc(N2CCCCC2)cc1.Cl. The molecule has 2 rings (SSSR count). The molecule has 1 aliphatic heterocycles. The molecule has 0 aliphatic carbocycles. The second-order valence-electron chi connectivity index (χ2n) is 4.80. The van der Waals surface area contributed by atoms with Crippen LogP contribution in [-0.4, -0.2) is 24.8 Å². The van der Waals surface area contributed by atoms with Crippen LogP contribution in [0.15, 0.2) is 34.5 Å². The number of hydrogen-bond donors (Lipinski definition) is 2. The van der Waals surface area contributed by atoms with Crippen molar-refractivity contribution in [3.63, 3.8) is 0 Å². The molecule has 6 heteroatoms. The summed E-state index contributed by atoms with van der Waals surface area (Å²) in [6.07, 6.45) is 3.92. The third kappa shape index (κ3) is 4.42. The lowest BCUT2D eigenvalue weighted by molar-refractivity contribution is 0.578. The summed E-state index contributed by atoms with van der Waals surface area (Å²) in [5.41, 5.74) is 13.6. The fraction of sp³-hybridized carbons (Fsp3) is 0.429. The van der Waals surface area contributed by atoms with Gasteiger partial charge in [-0.15, -0.1) is 17.5 Å². The Balaban J connectivity index is 0.00000200. The highest BCUT2D eigenvalue weighted by Crippen LogP contribution is 2.20. The van der Waals surface area contributed by atoms with Crippen molar-refractivity contribution < 1.29 is 0 Å². The smallest absolute Gasteiger partial charge is 0.211 e. The molecule has 1 fully saturated rings. The number of halogens is 1. The van der Waals surface area contributed by atoms with Crippen LogP contribution in [0.5, 0.6) is 0 Å². The normalized spacial score (nSPS) is 15.4. The van der Waals surface area contributed by atoms with Crippen molar-refractivity contribution in [3.05, 3.63) is 29.8 Å². The zero-order valence-electron chi connectivity index (χ0n) is 11.7. The number of nitrogens with zero attached hydrogens (tertiary/aromatic N) is 3. The molecule has 0 radical (unpaired) electrons. The van der Waals surface area contributed by atoms with E-state index in [1.807, 2.05) is 6.92 Å². The van der Waals surface area contributed by atoms with Crippen molar-refractivity contribution in [1.29, 1.82) is 0 Å². The highest BCUT2D eigenvalue weighted by Gasteiger charge is 2.10. The highest BCUT2D eigenvalue weighted by molar-refractivity contribution is 5.99. The maximum absolute atomic E-state index is 5.25. The van der Waals surface area contributed by atoms with Crippen molar-refractivity contribution in [1.82, 2.24) is 0 Å². The lowest BCUT2D eigenvalue weighted by Gasteiger charge is -2.28. The van der Waals surface area contributed by atoms with Crippen LogP contribution in [0.4, 0.5) is 5.69 Å². The lowest BCUT2D eigenvalue weighted by atomic mass is 10.1. The summed E-state index contributed by atoms with van der Waals surface area (Å²) in [7, 11) is 0. The van der Waals surface area contributed by atoms with Crippen LogP contribution in [0.25, 0.3) is 0 Å². The predicted molar refractivity (Wildman–Crippen MR) is 87.8 cm³/mol. The van der Waals surface area contributed by atoms with Crippen LogP contribution in [-0.2, 0) is 0 Å². The molecule has 1 aromatic carbocycles. The van der Waals surface area contributed by atoms with E-state index in [0.717, 1.165) is 24.4 Å². The Morgan fingerprint density at radius 3 is 2.15 bits per heavy atom. The van der Waals surface area contributed by atoms with E-state index in [2.05, 4.69) is 39.4 Å². The Morgan fingerprint density at radius 1 is 1.00 bits per heavy atom. The lowest BCUT2D eigenvalue weighted by Crippen LogP contribution is -2.29. The van der Waals surface area contributed by atoms with E-state index in [0.29, 0.717) is 0 Å². The second kappa shape index (κ2) is 7.75. The van der Waals surface area contributed by atoms with Crippen LogP contribution in [0.1, 0.15) is 31.7 Å². The molecule has 0 aromatic heterocycles. The minimum Gasteiger partial charge on any atom is -0.372 e. The summed E-state index contributed by atoms with van der Waals surface area (Å²) in [6.45, 7) is 4.20. The number of piperidine rings is 1. The fourth-order valence-electron chi connectivity index (χ4n) is 2.26. The van der Waals surface area contributed by atoms with Gasteiger partial charge in [0.25, 0.3) is 0 Å². The third-order valence-corrected chi connectivity index (χ3v) is 3.32. The van der Waals surface area contributed by atoms with Crippen LogP contribution in [0.3, 0.4) is 0 Å². The van der Waals surface area contributed by atoms with Gasteiger partial charge in [0.15, 0.2) is 0 Å². The van der Waals surface area contributed by atoms with Crippen LogP contribution >= 0.6 is 12.4 Å². The quantitative estimate of drug-likeness (QED) is 0.509. The first-order chi connectivity index (χ1) is 9.16. The van der Waals surface area contributed by atoms with Crippen molar-refractivity contribution in [2.75, 3.05) is 18.0 Å². The van der Waals surface area contributed by atoms with Gasteiger partial charge in [-0.05, 0) is 43.9 Å². The summed E-state index contributed by atoms with van der Waals surface area (Å²) in [4.78, 5) is 2.43. The number of anilines is 1. The monoisotopic (exact) mass is 295 g/mol. The summed E-state index contributed by atoms with van der Waals surface area (Å²) in [5.74, 6) is -0.0238. The molecule has 0 atom stereocenters. The Hall–Kier alpha value is -1.75. The van der Waals surface area contributed by atoms with Gasteiger partial charge in [0.05, 0.1) is 5.71 Å². The summed E-state index contributed by atoms with van der Waals surface area (Å²) >= 11 is 0. The zero-order chi connectivity index (χ0) is 13.7. The van der Waals surface area contributed by atoms with E-state index >= 15 is 0 Å². The summed E-state index contributed by atoms with van der Waals surface area (Å²) in [5, 5.41) is 7.64. The first-order valence-electron chi connectivity index (χ1n) is 6.65. The van der Waals surface area contributed by atoms with Crippen molar-refractivity contribution in [2.45, 2.75) is 26.2 Å². The van der Waals surface area contributed by atoms with Crippen LogP contribution in [0, 0.1) is 0 Å². The van der Waals surface area contributed by atoms with Gasteiger partial charge in [0, 0.05) is 18.8 Å². The maximum Gasteiger partial charge on any atom is 0.211 e. The molecule has 1 heterocycles. The molecule has 0 bridgehead atoms. The van der Waals surface area contributed by atoms with E-state index in [4.69, 9.17) is 11.5 Å². The highest BCUT2D eigenvalue weighted by atomic mass is 35.5. The maximum atomic E-state index is 5.25. The van der Waals surface area contributed by atoms with Gasteiger partial charge < -0.3 is 16.4 Å². The van der Waals surface area contributed by atoms with Gasteiger partial charge in [-0.3, -0.25) is 0 Å². The Labute approximate surface area is 126 Å². The van der Waals surface area contributed by atoms with Crippen molar-refractivity contribution in [2.24, 2.45) is 21.7 Å². The van der Waals surface area contributed by atoms with Gasteiger partial charge in [0.1, 0.15) is 0 Å². The second-order valence-corrected chi connectivity index (χ2v) is 4.80. The molecule has 0 amide bonds. The number of benzene rings is 1. The first kappa shape index (κ1) is 16.3. The van der Waals surface area contributed by atoms with Crippen molar-refractivity contribution >= 4 is 29.8 Å². The molecule has 0 spiro atoms.